The number of para-hydroxylation sites is 1. The summed E-state index contributed by atoms with van der Waals surface area (Å²) in [4.78, 5) is 0. The topological polar surface area (TPSA) is 18.5 Å². The Morgan fingerprint density at radius 1 is 1.05 bits per heavy atom. The summed E-state index contributed by atoms with van der Waals surface area (Å²) in [5.41, 5.74) is 2.97. The lowest BCUT2D eigenvalue weighted by Crippen LogP contribution is -2.02. The number of ether oxygens (including phenoxy) is 2. The van der Waals surface area contributed by atoms with Crippen molar-refractivity contribution in [2.75, 3.05) is 6.61 Å². The smallest absolute Gasteiger partial charge is 0.166 e. The summed E-state index contributed by atoms with van der Waals surface area (Å²) in [5.74, 6) is 1.77. The van der Waals surface area contributed by atoms with Gasteiger partial charge in [0.1, 0.15) is 6.61 Å². The first kappa shape index (κ1) is 16.0. The molecule has 0 aliphatic heterocycles. The molecule has 0 saturated heterocycles. The van der Waals surface area contributed by atoms with E-state index in [1.165, 1.54) is 0 Å². The number of benzene rings is 2. The zero-order valence-corrected chi connectivity index (χ0v) is 13.7. The van der Waals surface area contributed by atoms with Gasteiger partial charge in [0.25, 0.3) is 0 Å². The number of rotatable bonds is 6. The zero-order valence-electron chi connectivity index (χ0n) is 12.2. The van der Waals surface area contributed by atoms with Crippen molar-refractivity contribution < 1.29 is 9.47 Å². The van der Waals surface area contributed by atoms with Crippen LogP contribution in [0.1, 0.15) is 23.6 Å². The van der Waals surface area contributed by atoms with Crippen molar-refractivity contribution in [2.45, 2.75) is 26.3 Å². The van der Waals surface area contributed by atoms with Crippen molar-refractivity contribution in [3.63, 3.8) is 0 Å². The van der Waals surface area contributed by atoms with Crippen LogP contribution in [0.4, 0.5) is 0 Å². The third-order valence-electron chi connectivity index (χ3n) is 3.08. The van der Waals surface area contributed by atoms with Crippen LogP contribution in [-0.4, -0.2) is 6.61 Å². The van der Waals surface area contributed by atoms with E-state index in [4.69, 9.17) is 32.7 Å². The fraction of sp³-hybridized carbons (Fsp3) is 0.294. The highest BCUT2D eigenvalue weighted by atomic mass is 35.5. The van der Waals surface area contributed by atoms with Gasteiger partial charge in [0.2, 0.25) is 0 Å². The molecule has 4 heteroatoms. The molecule has 0 radical (unpaired) electrons. The average molecular weight is 325 g/mol. The lowest BCUT2D eigenvalue weighted by atomic mass is 10.1. The molecular formula is C17H18Cl2O2. The Morgan fingerprint density at radius 3 is 2.52 bits per heavy atom. The molecule has 21 heavy (non-hydrogen) atoms. The molecule has 0 amide bonds. The molecule has 0 aromatic heterocycles. The SMILES string of the molecule is CCOc1cccc(CCl)c1OCc1ccc(C)cc1Cl. The van der Waals surface area contributed by atoms with Crippen LogP contribution >= 0.6 is 23.2 Å². The Morgan fingerprint density at radius 2 is 1.86 bits per heavy atom. The Hall–Kier alpha value is -1.38. The number of halogens is 2. The minimum absolute atomic E-state index is 0.373. The van der Waals surface area contributed by atoms with Crippen molar-refractivity contribution in [3.8, 4) is 11.5 Å². The monoisotopic (exact) mass is 324 g/mol. The van der Waals surface area contributed by atoms with Gasteiger partial charge in [0.15, 0.2) is 11.5 Å². The Bertz CT molecular complexity index is 612. The standard InChI is InChI=1S/C17H18Cl2O2/c1-3-20-16-6-4-5-13(10-18)17(16)21-11-14-8-7-12(2)9-15(14)19/h4-9H,3,10-11H2,1-2H3. The summed E-state index contributed by atoms with van der Waals surface area (Å²) < 4.78 is 11.5. The van der Waals surface area contributed by atoms with Crippen LogP contribution in [0.15, 0.2) is 36.4 Å². The van der Waals surface area contributed by atoms with E-state index in [9.17, 15) is 0 Å². The highest BCUT2D eigenvalue weighted by Crippen LogP contribution is 2.33. The molecule has 0 unspecified atom stereocenters. The Balaban J connectivity index is 2.22. The second-order valence-corrected chi connectivity index (χ2v) is 5.37. The van der Waals surface area contributed by atoms with Gasteiger partial charge in [-0.3, -0.25) is 0 Å². The van der Waals surface area contributed by atoms with E-state index >= 15 is 0 Å². The molecule has 2 nitrogen and oxygen atoms in total. The van der Waals surface area contributed by atoms with Crippen molar-refractivity contribution in [1.82, 2.24) is 0 Å². The zero-order chi connectivity index (χ0) is 15.2. The molecular weight excluding hydrogens is 307 g/mol. The molecule has 0 aliphatic carbocycles. The van der Waals surface area contributed by atoms with Crippen molar-refractivity contribution >= 4 is 23.2 Å². The van der Waals surface area contributed by atoms with Crippen molar-refractivity contribution in [1.29, 1.82) is 0 Å². The van der Waals surface area contributed by atoms with Gasteiger partial charge in [0.05, 0.1) is 12.5 Å². The van der Waals surface area contributed by atoms with Crippen LogP contribution in [0.2, 0.25) is 5.02 Å². The van der Waals surface area contributed by atoms with Crippen LogP contribution in [0.5, 0.6) is 11.5 Å². The van der Waals surface area contributed by atoms with Crippen molar-refractivity contribution in [3.05, 3.63) is 58.1 Å². The van der Waals surface area contributed by atoms with E-state index in [0.717, 1.165) is 16.7 Å². The third kappa shape index (κ3) is 4.05. The van der Waals surface area contributed by atoms with Crippen LogP contribution in [0.25, 0.3) is 0 Å². The molecule has 0 spiro atoms. The molecule has 0 bridgehead atoms. The second kappa shape index (κ2) is 7.58. The maximum absolute atomic E-state index is 6.23. The van der Waals surface area contributed by atoms with E-state index in [-0.39, 0.29) is 0 Å². The van der Waals surface area contributed by atoms with Crippen LogP contribution < -0.4 is 9.47 Å². The minimum Gasteiger partial charge on any atom is -0.490 e. The number of alkyl halides is 1. The molecule has 0 aliphatic rings. The highest BCUT2D eigenvalue weighted by molar-refractivity contribution is 6.31. The van der Waals surface area contributed by atoms with Gasteiger partial charge in [-0.25, -0.2) is 0 Å². The predicted molar refractivity (Wildman–Crippen MR) is 87.7 cm³/mol. The van der Waals surface area contributed by atoms with Gasteiger partial charge in [-0.1, -0.05) is 35.9 Å². The molecule has 0 heterocycles. The molecule has 0 saturated carbocycles. The summed E-state index contributed by atoms with van der Waals surface area (Å²) in [6, 6.07) is 11.6. The Labute approximate surface area is 135 Å². The first-order valence-electron chi connectivity index (χ1n) is 6.84. The molecule has 0 atom stereocenters. The largest absolute Gasteiger partial charge is 0.490 e. The molecule has 2 rings (SSSR count). The summed E-state index contributed by atoms with van der Waals surface area (Å²) in [6.07, 6.45) is 0. The van der Waals surface area contributed by atoms with Crippen LogP contribution in [0.3, 0.4) is 0 Å². The first-order chi connectivity index (χ1) is 10.2. The number of aryl methyl sites for hydroxylation is 1. The van der Waals surface area contributed by atoms with Crippen LogP contribution in [0, 0.1) is 6.92 Å². The van der Waals surface area contributed by atoms with E-state index < -0.39 is 0 Å². The quantitative estimate of drug-likeness (QED) is 0.665. The molecule has 0 N–H and O–H groups in total. The molecule has 0 fully saturated rings. The third-order valence-corrected chi connectivity index (χ3v) is 3.72. The Kier molecular flexibility index (Phi) is 5.77. The van der Waals surface area contributed by atoms with Gasteiger partial charge in [-0.2, -0.15) is 0 Å². The lowest BCUT2D eigenvalue weighted by Gasteiger charge is -2.15. The fourth-order valence-corrected chi connectivity index (χ4v) is 2.52. The normalized spacial score (nSPS) is 10.5. The summed E-state index contributed by atoms with van der Waals surface area (Å²) in [5, 5.41) is 0.705. The van der Waals surface area contributed by atoms with E-state index in [2.05, 4.69) is 0 Å². The summed E-state index contributed by atoms with van der Waals surface area (Å²) in [7, 11) is 0. The maximum atomic E-state index is 6.23. The average Bonchev–Trinajstić information content (AvgIpc) is 2.47. The van der Waals surface area contributed by atoms with E-state index in [1.54, 1.807) is 0 Å². The minimum atomic E-state index is 0.373. The number of hydrogen-bond donors (Lipinski definition) is 0. The van der Waals surface area contributed by atoms with Crippen molar-refractivity contribution in [2.24, 2.45) is 0 Å². The molecule has 112 valence electrons. The maximum Gasteiger partial charge on any atom is 0.166 e. The highest BCUT2D eigenvalue weighted by Gasteiger charge is 2.11. The molecule has 2 aromatic rings. The van der Waals surface area contributed by atoms with Gasteiger partial charge in [-0.05, 0) is 31.5 Å². The predicted octanol–water partition coefficient (Wildman–Crippen LogP) is 5.36. The van der Waals surface area contributed by atoms with Gasteiger partial charge in [-0.15, -0.1) is 11.6 Å². The van der Waals surface area contributed by atoms with Gasteiger partial charge in [0, 0.05) is 16.1 Å². The van der Waals surface area contributed by atoms with Gasteiger partial charge < -0.3 is 9.47 Å². The van der Waals surface area contributed by atoms with Crippen LogP contribution in [-0.2, 0) is 12.5 Å². The fourth-order valence-electron chi connectivity index (χ4n) is 2.02. The second-order valence-electron chi connectivity index (χ2n) is 4.69. The van der Waals surface area contributed by atoms with E-state index in [0.29, 0.717) is 35.6 Å². The first-order valence-corrected chi connectivity index (χ1v) is 7.75. The number of hydrogen-bond acceptors (Lipinski definition) is 2. The molecule has 2 aromatic carbocycles. The summed E-state index contributed by atoms with van der Waals surface area (Å²) in [6.45, 7) is 4.90. The lowest BCUT2D eigenvalue weighted by molar-refractivity contribution is 0.267. The summed E-state index contributed by atoms with van der Waals surface area (Å²) >= 11 is 12.2. The van der Waals surface area contributed by atoms with E-state index in [1.807, 2.05) is 50.2 Å². The van der Waals surface area contributed by atoms with Gasteiger partial charge >= 0.3 is 0 Å².